The summed E-state index contributed by atoms with van der Waals surface area (Å²) in [6.45, 7) is 5.57. The monoisotopic (exact) mass is 253 g/mol. The Labute approximate surface area is 110 Å². The summed E-state index contributed by atoms with van der Waals surface area (Å²) in [5.41, 5.74) is 5.47. The van der Waals surface area contributed by atoms with Crippen LogP contribution >= 0.6 is 0 Å². The molecule has 0 bridgehead atoms. The van der Waals surface area contributed by atoms with Gasteiger partial charge >= 0.3 is 0 Å². The van der Waals surface area contributed by atoms with Gasteiger partial charge in [-0.15, -0.1) is 0 Å². The van der Waals surface area contributed by atoms with Crippen LogP contribution in [-0.2, 0) is 4.79 Å². The van der Waals surface area contributed by atoms with Gasteiger partial charge in [0, 0.05) is 19.1 Å². The lowest BCUT2D eigenvalue weighted by molar-refractivity contribution is -0.120. The second-order valence-corrected chi connectivity index (χ2v) is 5.93. The second-order valence-electron chi connectivity index (χ2n) is 5.93. The zero-order valence-corrected chi connectivity index (χ0v) is 11.5. The van der Waals surface area contributed by atoms with Gasteiger partial charge in [-0.3, -0.25) is 4.79 Å². The molecular weight excluding hydrogens is 226 g/mol. The number of primary amides is 1. The number of nitrogens with two attached hydrogens (primary N) is 1. The Kier molecular flexibility index (Phi) is 5.01. The van der Waals surface area contributed by atoms with Crippen molar-refractivity contribution in [2.24, 2.45) is 11.7 Å². The Hall–Kier alpha value is -0.610. The molecular formula is C14H27N3O. The van der Waals surface area contributed by atoms with E-state index in [2.05, 4.69) is 17.1 Å². The fraction of sp³-hybridized carbons (Fsp3) is 0.929. The van der Waals surface area contributed by atoms with Crippen LogP contribution in [0.25, 0.3) is 0 Å². The highest BCUT2D eigenvalue weighted by atomic mass is 16.1. The molecule has 2 saturated carbocycles. The predicted octanol–water partition coefficient (Wildman–Crippen LogP) is 1.10. The minimum absolute atomic E-state index is 0.129. The number of nitrogens with one attached hydrogen (secondary N) is 1. The van der Waals surface area contributed by atoms with Crippen LogP contribution in [0.3, 0.4) is 0 Å². The first kappa shape index (κ1) is 13.8. The standard InChI is InChI=1S/C14H27N3O/c1-2-8-17(10-11-3-4-11)9-7-13(14(15)18)16-12-5-6-12/h11-13,16H,2-10H2,1H3,(H2,15,18). The van der Waals surface area contributed by atoms with Crippen molar-refractivity contribution in [2.75, 3.05) is 19.6 Å². The number of amides is 1. The summed E-state index contributed by atoms with van der Waals surface area (Å²) < 4.78 is 0. The van der Waals surface area contributed by atoms with Gasteiger partial charge < -0.3 is 16.0 Å². The molecule has 2 aliphatic carbocycles. The molecule has 0 aliphatic heterocycles. The first-order valence-electron chi connectivity index (χ1n) is 7.46. The highest BCUT2D eigenvalue weighted by Gasteiger charge is 2.28. The Bertz CT molecular complexity index is 274. The van der Waals surface area contributed by atoms with Gasteiger partial charge in [-0.25, -0.2) is 0 Å². The normalized spacial score (nSPS) is 21.2. The third-order valence-electron chi connectivity index (χ3n) is 3.84. The maximum atomic E-state index is 11.4. The van der Waals surface area contributed by atoms with Crippen molar-refractivity contribution in [2.45, 2.75) is 57.5 Å². The van der Waals surface area contributed by atoms with Crippen LogP contribution in [0.4, 0.5) is 0 Å². The van der Waals surface area contributed by atoms with Gasteiger partial charge in [0.15, 0.2) is 0 Å². The topological polar surface area (TPSA) is 58.4 Å². The van der Waals surface area contributed by atoms with E-state index in [-0.39, 0.29) is 11.9 Å². The highest BCUT2D eigenvalue weighted by Crippen LogP contribution is 2.29. The van der Waals surface area contributed by atoms with E-state index < -0.39 is 0 Å². The molecule has 2 fully saturated rings. The molecule has 1 unspecified atom stereocenters. The minimum atomic E-state index is -0.190. The molecule has 18 heavy (non-hydrogen) atoms. The molecule has 0 saturated heterocycles. The molecule has 4 nitrogen and oxygen atoms in total. The number of nitrogens with zero attached hydrogens (tertiary/aromatic N) is 1. The summed E-state index contributed by atoms with van der Waals surface area (Å²) in [6.07, 6.45) is 7.22. The van der Waals surface area contributed by atoms with E-state index in [0.29, 0.717) is 6.04 Å². The number of hydrogen-bond acceptors (Lipinski definition) is 3. The maximum absolute atomic E-state index is 11.4. The van der Waals surface area contributed by atoms with Crippen LogP contribution in [0.15, 0.2) is 0 Å². The first-order chi connectivity index (χ1) is 8.69. The molecule has 0 aromatic heterocycles. The van der Waals surface area contributed by atoms with Crippen molar-refractivity contribution in [3.05, 3.63) is 0 Å². The predicted molar refractivity (Wildman–Crippen MR) is 73.2 cm³/mol. The van der Waals surface area contributed by atoms with Crippen LogP contribution in [0.1, 0.15) is 45.4 Å². The summed E-state index contributed by atoms with van der Waals surface area (Å²) in [5.74, 6) is 0.727. The maximum Gasteiger partial charge on any atom is 0.234 e. The Morgan fingerprint density at radius 2 is 2.06 bits per heavy atom. The van der Waals surface area contributed by atoms with Gasteiger partial charge in [-0.05, 0) is 51.0 Å². The third-order valence-corrected chi connectivity index (χ3v) is 3.84. The molecule has 1 amide bonds. The van der Waals surface area contributed by atoms with E-state index in [4.69, 9.17) is 5.73 Å². The van der Waals surface area contributed by atoms with Crippen LogP contribution in [0.5, 0.6) is 0 Å². The lowest BCUT2D eigenvalue weighted by Gasteiger charge is -2.24. The summed E-state index contributed by atoms with van der Waals surface area (Å²) in [6, 6.07) is 0.418. The highest BCUT2D eigenvalue weighted by molar-refractivity contribution is 5.79. The summed E-state index contributed by atoms with van der Waals surface area (Å²) in [5, 5.41) is 3.36. The van der Waals surface area contributed by atoms with E-state index in [0.717, 1.165) is 25.4 Å². The van der Waals surface area contributed by atoms with Crippen LogP contribution in [0.2, 0.25) is 0 Å². The van der Waals surface area contributed by atoms with Crippen molar-refractivity contribution < 1.29 is 4.79 Å². The fourth-order valence-electron chi connectivity index (χ4n) is 2.43. The van der Waals surface area contributed by atoms with E-state index in [1.807, 2.05) is 0 Å². The Balaban J connectivity index is 1.71. The van der Waals surface area contributed by atoms with Crippen molar-refractivity contribution in [3.8, 4) is 0 Å². The van der Waals surface area contributed by atoms with Gasteiger partial charge in [0.2, 0.25) is 5.91 Å². The second kappa shape index (κ2) is 6.53. The smallest absolute Gasteiger partial charge is 0.234 e. The van der Waals surface area contributed by atoms with Crippen LogP contribution in [-0.4, -0.2) is 42.5 Å². The summed E-state index contributed by atoms with van der Waals surface area (Å²) in [4.78, 5) is 13.9. The van der Waals surface area contributed by atoms with Crippen LogP contribution in [0, 0.1) is 5.92 Å². The molecule has 0 radical (unpaired) electrons. The first-order valence-corrected chi connectivity index (χ1v) is 7.46. The van der Waals surface area contributed by atoms with Gasteiger partial charge in [0.25, 0.3) is 0 Å². The van der Waals surface area contributed by atoms with E-state index in [9.17, 15) is 4.79 Å². The van der Waals surface area contributed by atoms with E-state index in [1.54, 1.807) is 0 Å². The van der Waals surface area contributed by atoms with E-state index in [1.165, 1.54) is 38.6 Å². The fourth-order valence-corrected chi connectivity index (χ4v) is 2.43. The van der Waals surface area contributed by atoms with Crippen molar-refractivity contribution >= 4 is 5.91 Å². The molecule has 0 spiro atoms. The summed E-state index contributed by atoms with van der Waals surface area (Å²) >= 11 is 0. The van der Waals surface area contributed by atoms with Crippen LogP contribution < -0.4 is 11.1 Å². The largest absolute Gasteiger partial charge is 0.368 e. The number of carbonyl (C=O) groups is 1. The molecule has 0 heterocycles. The zero-order valence-electron chi connectivity index (χ0n) is 11.5. The molecule has 4 heteroatoms. The molecule has 2 aliphatic rings. The average molecular weight is 253 g/mol. The molecule has 0 aromatic carbocycles. The molecule has 104 valence electrons. The van der Waals surface area contributed by atoms with Gasteiger partial charge in [-0.1, -0.05) is 6.92 Å². The SMILES string of the molecule is CCCN(CCC(NC1CC1)C(N)=O)CC1CC1. The number of rotatable bonds is 10. The molecule has 0 aromatic rings. The number of hydrogen-bond donors (Lipinski definition) is 2. The van der Waals surface area contributed by atoms with Gasteiger partial charge in [0.1, 0.15) is 0 Å². The van der Waals surface area contributed by atoms with Crippen molar-refractivity contribution in [3.63, 3.8) is 0 Å². The summed E-state index contributed by atoms with van der Waals surface area (Å²) in [7, 11) is 0. The van der Waals surface area contributed by atoms with Gasteiger partial charge in [-0.2, -0.15) is 0 Å². The molecule has 1 atom stereocenters. The van der Waals surface area contributed by atoms with Gasteiger partial charge in [0.05, 0.1) is 6.04 Å². The molecule has 3 N–H and O–H groups in total. The lowest BCUT2D eigenvalue weighted by atomic mass is 10.1. The van der Waals surface area contributed by atoms with E-state index >= 15 is 0 Å². The Morgan fingerprint density at radius 1 is 1.33 bits per heavy atom. The van der Waals surface area contributed by atoms with Crippen molar-refractivity contribution in [1.82, 2.24) is 10.2 Å². The Morgan fingerprint density at radius 3 is 2.56 bits per heavy atom. The third kappa shape index (κ3) is 4.94. The minimum Gasteiger partial charge on any atom is -0.368 e. The lowest BCUT2D eigenvalue weighted by Crippen LogP contribution is -2.44. The zero-order chi connectivity index (χ0) is 13.0. The quantitative estimate of drug-likeness (QED) is 0.613. The average Bonchev–Trinajstić information content (AvgIpc) is 3.18. The van der Waals surface area contributed by atoms with Crippen molar-refractivity contribution in [1.29, 1.82) is 0 Å². The number of carbonyl (C=O) groups excluding carboxylic acids is 1. The molecule has 2 rings (SSSR count).